The second-order valence-corrected chi connectivity index (χ2v) is 7.88. The smallest absolute Gasteiger partial charge is 0.351 e. The number of ether oxygens (including phenoxy) is 1. The van der Waals surface area contributed by atoms with Crippen LogP contribution < -0.4 is 5.63 Å². The SMILES string of the molecule is CCCCCC/C=C/C=C(\C)C(=O)c1c(O)cc([C@H](C)CC/C=C/CC(=O)OC)oc1=O. The van der Waals surface area contributed by atoms with Crippen molar-refractivity contribution in [1.29, 1.82) is 0 Å². The van der Waals surface area contributed by atoms with Gasteiger partial charge < -0.3 is 14.3 Å². The summed E-state index contributed by atoms with van der Waals surface area (Å²) in [5.41, 5.74) is -0.827. The first kappa shape index (κ1) is 27.1. The molecule has 0 saturated carbocycles. The van der Waals surface area contributed by atoms with E-state index in [4.69, 9.17) is 4.42 Å². The van der Waals surface area contributed by atoms with E-state index in [-0.39, 0.29) is 29.6 Å². The predicted molar refractivity (Wildman–Crippen MR) is 126 cm³/mol. The molecule has 0 aromatic carbocycles. The van der Waals surface area contributed by atoms with Gasteiger partial charge in [0.2, 0.25) is 0 Å². The Hall–Kier alpha value is -2.89. The molecule has 0 aliphatic heterocycles. The maximum Gasteiger partial charge on any atom is 0.351 e. The number of unbranched alkanes of at least 4 members (excludes halogenated alkanes) is 4. The lowest BCUT2D eigenvalue weighted by atomic mass is 9.99. The molecule has 0 radical (unpaired) electrons. The zero-order valence-electron chi connectivity index (χ0n) is 19.7. The predicted octanol–water partition coefficient (Wildman–Crippen LogP) is 6.00. The van der Waals surface area contributed by atoms with Crippen molar-refractivity contribution in [1.82, 2.24) is 0 Å². The first-order valence-corrected chi connectivity index (χ1v) is 11.3. The van der Waals surface area contributed by atoms with Crippen LogP contribution >= 0.6 is 0 Å². The van der Waals surface area contributed by atoms with E-state index >= 15 is 0 Å². The summed E-state index contributed by atoms with van der Waals surface area (Å²) in [5.74, 6) is -1.05. The second kappa shape index (κ2) is 15.0. The van der Waals surface area contributed by atoms with Gasteiger partial charge in [0.15, 0.2) is 5.78 Å². The number of ketones is 1. The fourth-order valence-corrected chi connectivity index (χ4v) is 3.09. The Kier molecular flexibility index (Phi) is 12.7. The number of carbonyl (C=O) groups is 2. The molecule has 1 N–H and O–H groups in total. The van der Waals surface area contributed by atoms with Crippen LogP contribution in [-0.2, 0) is 9.53 Å². The zero-order chi connectivity index (χ0) is 23.9. The molecule has 0 aliphatic rings. The van der Waals surface area contributed by atoms with E-state index in [1.807, 2.05) is 25.2 Å². The molecule has 0 aliphatic carbocycles. The third kappa shape index (κ3) is 9.50. The summed E-state index contributed by atoms with van der Waals surface area (Å²) in [5, 5.41) is 10.3. The molecule has 1 aromatic heterocycles. The molecule has 0 fully saturated rings. The molecule has 1 atom stereocenters. The largest absolute Gasteiger partial charge is 0.507 e. The number of aromatic hydroxyl groups is 1. The lowest BCUT2D eigenvalue weighted by molar-refractivity contribution is -0.139. The lowest BCUT2D eigenvalue weighted by Crippen LogP contribution is -2.16. The van der Waals surface area contributed by atoms with Crippen molar-refractivity contribution in [3.8, 4) is 5.75 Å². The van der Waals surface area contributed by atoms with Crippen molar-refractivity contribution in [2.45, 2.75) is 78.1 Å². The van der Waals surface area contributed by atoms with Gasteiger partial charge in [0.1, 0.15) is 17.1 Å². The fourth-order valence-electron chi connectivity index (χ4n) is 3.09. The Balaban J connectivity index is 2.74. The van der Waals surface area contributed by atoms with E-state index in [0.717, 1.165) is 12.8 Å². The van der Waals surface area contributed by atoms with Crippen LogP contribution in [0.5, 0.6) is 5.75 Å². The third-order valence-electron chi connectivity index (χ3n) is 5.17. The summed E-state index contributed by atoms with van der Waals surface area (Å²) in [6.45, 7) is 5.64. The molecule has 0 amide bonds. The van der Waals surface area contributed by atoms with Gasteiger partial charge in [-0.05, 0) is 38.2 Å². The maximum atomic E-state index is 12.6. The van der Waals surface area contributed by atoms with E-state index in [1.165, 1.54) is 32.4 Å². The van der Waals surface area contributed by atoms with Crippen molar-refractivity contribution in [2.24, 2.45) is 0 Å². The van der Waals surface area contributed by atoms with E-state index in [2.05, 4.69) is 11.7 Å². The van der Waals surface area contributed by atoms with Crippen LogP contribution in [0.15, 0.2) is 51.2 Å². The van der Waals surface area contributed by atoms with Crippen LogP contribution in [0.1, 0.15) is 94.2 Å². The van der Waals surface area contributed by atoms with Crippen molar-refractivity contribution in [3.05, 3.63) is 63.8 Å². The maximum absolute atomic E-state index is 12.6. The number of esters is 1. The number of rotatable bonds is 14. The Morgan fingerprint density at radius 2 is 1.91 bits per heavy atom. The van der Waals surface area contributed by atoms with Crippen LogP contribution in [0, 0.1) is 0 Å². The normalized spacial score (nSPS) is 13.1. The third-order valence-corrected chi connectivity index (χ3v) is 5.17. The van der Waals surface area contributed by atoms with Gasteiger partial charge in [0.05, 0.1) is 13.5 Å². The number of methoxy groups -OCH3 is 1. The highest BCUT2D eigenvalue weighted by atomic mass is 16.5. The standard InChI is InChI=1S/C26H36O6/c1-5-6-7-8-9-10-12-16-20(3)25(29)24-21(27)18-22(32-26(24)30)19(2)15-13-11-14-17-23(28)31-4/h10-12,14,16,18-19,27H,5-9,13,15,17H2,1-4H3/b12-10+,14-11+,20-16+/t19-/m1/s1. The topological polar surface area (TPSA) is 93.8 Å². The highest BCUT2D eigenvalue weighted by molar-refractivity contribution is 6.09. The molecule has 176 valence electrons. The molecule has 0 bridgehead atoms. The molecule has 0 saturated heterocycles. The summed E-state index contributed by atoms with van der Waals surface area (Å²) in [4.78, 5) is 36.1. The van der Waals surface area contributed by atoms with Crippen molar-refractivity contribution < 1.29 is 23.8 Å². The summed E-state index contributed by atoms with van der Waals surface area (Å²) >= 11 is 0. The van der Waals surface area contributed by atoms with Gasteiger partial charge in [-0.1, -0.05) is 63.5 Å². The van der Waals surface area contributed by atoms with Crippen LogP contribution in [0.2, 0.25) is 0 Å². The molecular weight excluding hydrogens is 408 g/mol. The number of carbonyl (C=O) groups excluding carboxylic acids is 2. The van der Waals surface area contributed by atoms with Gasteiger partial charge in [-0.25, -0.2) is 4.79 Å². The molecule has 1 rings (SSSR count). The Labute approximate surface area is 190 Å². The van der Waals surface area contributed by atoms with Gasteiger partial charge in [-0.2, -0.15) is 0 Å². The Bertz CT molecular complexity index is 888. The molecule has 6 nitrogen and oxygen atoms in total. The summed E-state index contributed by atoms with van der Waals surface area (Å²) < 4.78 is 9.90. The minimum Gasteiger partial charge on any atom is -0.507 e. The molecular formula is C26H36O6. The van der Waals surface area contributed by atoms with E-state index in [9.17, 15) is 19.5 Å². The Morgan fingerprint density at radius 1 is 1.16 bits per heavy atom. The minimum atomic E-state index is -0.839. The molecule has 0 spiro atoms. The van der Waals surface area contributed by atoms with Crippen molar-refractivity contribution in [3.63, 3.8) is 0 Å². The van der Waals surface area contributed by atoms with E-state index in [0.29, 0.717) is 24.2 Å². The monoisotopic (exact) mass is 444 g/mol. The average molecular weight is 445 g/mol. The first-order chi connectivity index (χ1) is 15.3. The molecule has 32 heavy (non-hydrogen) atoms. The van der Waals surface area contributed by atoms with Crippen LogP contribution in [0.4, 0.5) is 0 Å². The first-order valence-electron chi connectivity index (χ1n) is 11.3. The average Bonchev–Trinajstić information content (AvgIpc) is 2.77. The van der Waals surface area contributed by atoms with E-state index in [1.54, 1.807) is 19.1 Å². The van der Waals surface area contributed by atoms with Gasteiger partial charge in [-0.15, -0.1) is 0 Å². The van der Waals surface area contributed by atoms with Gasteiger partial charge in [-0.3, -0.25) is 9.59 Å². The molecule has 1 heterocycles. The second-order valence-electron chi connectivity index (χ2n) is 7.88. The molecule has 6 heteroatoms. The summed E-state index contributed by atoms with van der Waals surface area (Å²) in [7, 11) is 1.34. The number of allylic oxidation sites excluding steroid dienone is 5. The van der Waals surface area contributed by atoms with Gasteiger partial charge in [0.25, 0.3) is 0 Å². The van der Waals surface area contributed by atoms with Gasteiger partial charge >= 0.3 is 11.6 Å². The summed E-state index contributed by atoms with van der Waals surface area (Å²) in [6.07, 6.45) is 16.2. The fraction of sp³-hybridized carbons (Fsp3) is 0.500. The lowest BCUT2D eigenvalue weighted by Gasteiger charge is -2.11. The highest BCUT2D eigenvalue weighted by Crippen LogP contribution is 2.26. The molecule has 1 aromatic rings. The quantitative estimate of drug-likeness (QED) is 0.0944. The number of hydrogen-bond acceptors (Lipinski definition) is 6. The van der Waals surface area contributed by atoms with Crippen LogP contribution in [-0.4, -0.2) is 24.0 Å². The summed E-state index contributed by atoms with van der Waals surface area (Å²) in [6, 6.07) is 1.34. The van der Waals surface area contributed by atoms with Crippen LogP contribution in [0.25, 0.3) is 0 Å². The van der Waals surface area contributed by atoms with Crippen molar-refractivity contribution >= 4 is 11.8 Å². The minimum absolute atomic E-state index is 0.146. The zero-order valence-corrected chi connectivity index (χ0v) is 19.7. The highest BCUT2D eigenvalue weighted by Gasteiger charge is 2.21. The van der Waals surface area contributed by atoms with E-state index < -0.39 is 11.4 Å². The number of hydrogen-bond donors (Lipinski definition) is 1. The Morgan fingerprint density at radius 3 is 2.56 bits per heavy atom. The van der Waals surface area contributed by atoms with Crippen molar-refractivity contribution in [2.75, 3.05) is 7.11 Å². The number of Topliss-reactive ketones (excluding diaryl/α,β-unsaturated/α-hetero) is 1. The molecule has 0 unspecified atom stereocenters. The van der Waals surface area contributed by atoms with Gasteiger partial charge in [0, 0.05) is 12.0 Å². The van der Waals surface area contributed by atoms with Crippen LogP contribution in [0.3, 0.4) is 0 Å².